The minimum Gasteiger partial charge on any atom is -0.497 e. The molecule has 7 heteroatoms. The van der Waals surface area contributed by atoms with Crippen molar-refractivity contribution >= 4 is 23.2 Å². The lowest BCUT2D eigenvalue weighted by molar-refractivity contribution is -0.132. The maximum absolute atomic E-state index is 12.5. The number of ether oxygens (including phenoxy) is 1. The molecule has 0 radical (unpaired) electrons. The number of hydrogen-bond donors (Lipinski definition) is 1. The molecule has 2 heterocycles. The maximum atomic E-state index is 12.5. The lowest BCUT2D eigenvalue weighted by atomic mass is 9.99. The van der Waals surface area contributed by atoms with E-state index in [1.807, 2.05) is 41.3 Å². The molecule has 3 aromatic rings. The second-order valence-corrected chi connectivity index (χ2v) is 8.32. The summed E-state index contributed by atoms with van der Waals surface area (Å²) in [5.41, 5.74) is 3.90. The Hall–Kier alpha value is -3.19. The Balaban J connectivity index is 1.22. The summed E-state index contributed by atoms with van der Waals surface area (Å²) in [7, 11) is 1.62. The van der Waals surface area contributed by atoms with Gasteiger partial charge in [0.05, 0.1) is 7.11 Å². The first-order chi connectivity index (χ1) is 15.1. The molecule has 2 aromatic carbocycles. The Kier molecular flexibility index (Phi) is 6.62. The summed E-state index contributed by atoms with van der Waals surface area (Å²) >= 11 is 1.43. The average molecular weight is 436 g/mol. The summed E-state index contributed by atoms with van der Waals surface area (Å²) in [4.78, 5) is 31.3. The van der Waals surface area contributed by atoms with Crippen LogP contribution in [0.2, 0.25) is 0 Å². The highest BCUT2D eigenvalue weighted by Crippen LogP contribution is 2.25. The Morgan fingerprint density at radius 1 is 1.13 bits per heavy atom. The second kappa shape index (κ2) is 9.75. The van der Waals surface area contributed by atoms with Gasteiger partial charge in [0, 0.05) is 37.0 Å². The quantitative estimate of drug-likeness (QED) is 0.571. The first-order valence-corrected chi connectivity index (χ1v) is 11.2. The van der Waals surface area contributed by atoms with Gasteiger partial charge >= 0.3 is 0 Å². The number of benzene rings is 2. The number of carbonyl (C=O) groups is 2. The first-order valence-electron chi connectivity index (χ1n) is 10.4. The molecule has 160 valence electrons. The van der Waals surface area contributed by atoms with Crippen molar-refractivity contribution in [2.45, 2.75) is 25.8 Å². The van der Waals surface area contributed by atoms with Crippen LogP contribution >= 0.6 is 11.3 Å². The van der Waals surface area contributed by atoms with Crippen molar-refractivity contribution in [2.24, 2.45) is 0 Å². The van der Waals surface area contributed by atoms with Gasteiger partial charge in [0.25, 0.3) is 5.91 Å². The van der Waals surface area contributed by atoms with Crippen molar-refractivity contribution in [1.82, 2.24) is 15.2 Å². The molecular formula is C24H25N3O3S. The largest absolute Gasteiger partial charge is 0.497 e. The van der Waals surface area contributed by atoms with Crippen LogP contribution in [0.3, 0.4) is 0 Å². The minimum absolute atomic E-state index is 0.138. The summed E-state index contributed by atoms with van der Waals surface area (Å²) < 4.78 is 5.17. The third kappa shape index (κ3) is 5.11. The number of methoxy groups -OCH3 is 1. The number of fused-ring (bicyclic) bond motifs is 1. The van der Waals surface area contributed by atoms with Gasteiger partial charge in [0.2, 0.25) is 5.91 Å². The van der Waals surface area contributed by atoms with E-state index in [4.69, 9.17) is 4.74 Å². The van der Waals surface area contributed by atoms with Crippen LogP contribution in [0.1, 0.15) is 34.5 Å². The van der Waals surface area contributed by atoms with Crippen LogP contribution in [-0.2, 0) is 17.8 Å². The number of thiazole rings is 1. The Morgan fingerprint density at radius 2 is 1.90 bits per heavy atom. The molecule has 0 bridgehead atoms. The highest BCUT2D eigenvalue weighted by Gasteiger charge is 2.20. The molecule has 0 fully saturated rings. The molecule has 0 unspecified atom stereocenters. The smallest absolute Gasteiger partial charge is 0.270 e. The van der Waals surface area contributed by atoms with Gasteiger partial charge in [-0.05, 0) is 48.2 Å². The van der Waals surface area contributed by atoms with Crippen LogP contribution in [0.15, 0.2) is 53.9 Å². The fraction of sp³-hybridized carbons (Fsp3) is 0.292. The van der Waals surface area contributed by atoms with Crippen LogP contribution < -0.4 is 10.1 Å². The zero-order valence-electron chi connectivity index (χ0n) is 17.5. The molecule has 6 nitrogen and oxygen atoms in total. The number of nitrogens with one attached hydrogen (secondary N) is 1. The number of rotatable bonds is 7. The number of carbonyl (C=O) groups excluding carboxylic acids is 2. The van der Waals surface area contributed by atoms with Crippen LogP contribution in [0.4, 0.5) is 0 Å². The molecule has 1 aliphatic rings. The van der Waals surface area contributed by atoms with Crippen LogP contribution in [-0.4, -0.2) is 41.9 Å². The van der Waals surface area contributed by atoms with Gasteiger partial charge in [-0.1, -0.05) is 24.3 Å². The molecule has 2 amide bonds. The van der Waals surface area contributed by atoms with Crippen molar-refractivity contribution in [1.29, 1.82) is 0 Å². The van der Waals surface area contributed by atoms with Gasteiger partial charge in [-0.3, -0.25) is 9.59 Å². The molecule has 0 atom stereocenters. The highest BCUT2D eigenvalue weighted by molar-refractivity contribution is 7.13. The van der Waals surface area contributed by atoms with Gasteiger partial charge in [-0.15, -0.1) is 11.3 Å². The topological polar surface area (TPSA) is 71.5 Å². The van der Waals surface area contributed by atoms with Gasteiger partial charge < -0.3 is 15.0 Å². The zero-order valence-corrected chi connectivity index (χ0v) is 18.3. The molecule has 0 saturated carbocycles. The first kappa shape index (κ1) is 21.1. The molecule has 1 aliphatic heterocycles. The highest BCUT2D eigenvalue weighted by atomic mass is 32.1. The third-order valence-electron chi connectivity index (χ3n) is 5.41. The van der Waals surface area contributed by atoms with Crippen molar-refractivity contribution in [2.75, 3.05) is 20.2 Å². The normalized spacial score (nSPS) is 12.9. The molecule has 1 aromatic heterocycles. The summed E-state index contributed by atoms with van der Waals surface area (Å²) in [6.07, 6.45) is 1.94. The Bertz CT molecular complexity index is 1060. The number of amides is 2. The predicted molar refractivity (Wildman–Crippen MR) is 121 cm³/mol. The number of aromatic nitrogens is 1. The van der Waals surface area contributed by atoms with E-state index >= 15 is 0 Å². The van der Waals surface area contributed by atoms with Gasteiger partial charge in [0.15, 0.2) is 0 Å². The van der Waals surface area contributed by atoms with Crippen molar-refractivity contribution in [3.05, 3.63) is 70.7 Å². The fourth-order valence-electron chi connectivity index (χ4n) is 3.64. The van der Waals surface area contributed by atoms with Crippen LogP contribution in [0.25, 0.3) is 10.6 Å². The van der Waals surface area contributed by atoms with E-state index in [1.54, 1.807) is 12.5 Å². The SMILES string of the molecule is COc1ccc(-c2nc(C(=O)NCCCC(=O)N3CCc4ccccc4C3)cs2)cc1. The van der Waals surface area contributed by atoms with Crippen molar-refractivity contribution in [3.63, 3.8) is 0 Å². The molecule has 4 rings (SSSR count). The van der Waals surface area contributed by atoms with Gasteiger partial charge in [0.1, 0.15) is 16.5 Å². The van der Waals surface area contributed by atoms with Crippen molar-refractivity contribution < 1.29 is 14.3 Å². The van der Waals surface area contributed by atoms with Crippen molar-refractivity contribution in [3.8, 4) is 16.3 Å². The fourth-order valence-corrected chi connectivity index (χ4v) is 4.45. The third-order valence-corrected chi connectivity index (χ3v) is 6.30. The predicted octanol–water partition coefficient (Wildman–Crippen LogP) is 3.91. The zero-order chi connectivity index (χ0) is 21.6. The molecule has 31 heavy (non-hydrogen) atoms. The number of nitrogens with zero attached hydrogens (tertiary/aromatic N) is 2. The van der Waals surface area contributed by atoms with E-state index in [9.17, 15) is 9.59 Å². The summed E-state index contributed by atoms with van der Waals surface area (Å²) in [6.45, 7) is 1.88. The summed E-state index contributed by atoms with van der Waals surface area (Å²) in [5, 5.41) is 5.41. The van der Waals surface area contributed by atoms with E-state index in [1.165, 1.54) is 22.5 Å². The molecular weight excluding hydrogens is 410 g/mol. The molecule has 0 saturated heterocycles. The monoisotopic (exact) mass is 435 g/mol. The van der Waals surface area contributed by atoms with E-state index < -0.39 is 0 Å². The minimum atomic E-state index is -0.213. The Labute approximate surface area is 185 Å². The van der Waals surface area contributed by atoms with E-state index in [2.05, 4.69) is 22.4 Å². The average Bonchev–Trinajstić information content (AvgIpc) is 3.32. The summed E-state index contributed by atoms with van der Waals surface area (Å²) in [6, 6.07) is 15.9. The van der Waals surface area contributed by atoms with Crippen LogP contribution in [0.5, 0.6) is 5.75 Å². The summed E-state index contributed by atoms with van der Waals surface area (Å²) in [5.74, 6) is 0.705. The van der Waals surface area contributed by atoms with E-state index in [0.29, 0.717) is 31.6 Å². The maximum Gasteiger partial charge on any atom is 0.270 e. The molecule has 1 N–H and O–H groups in total. The molecule has 0 aliphatic carbocycles. The van der Waals surface area contributed by atoms with E-state index in [-0.39, 0.29) is 11.8 Å². The second-order valence-electron chi connectivity index (χ2n) is 7.46. The van der Waals surface area contributed by atoms with Gasteiger partial charge in [-0.25, -0.2) is 4.98 Å². The lowest BCUT2D eigenvalue weighted by Gasteiger charge is -2.29. The standard InChI is InChI=1S/C24H25N3O3S/c1-30-20-10-8-18(9-11-20)24-26-21(16-31-24)23(29)25-13-4-7-22(28)27-14-12-17-5-2-3-6-19(17)15-27/h2-3,5-6,8-11,16H,4,7,12-15H2,1H3,(H,25,29). The molecule has 0 spiro atoms. The van der Waals surface area contributed by atoms with Crippen LogP contribution in [0, 0.1) is 0 Å². The number of hydrogen-bond acceptors (Lipinski definition) is 5. The lowest BCUT2D eigenvalue weighted by Crippen LogP contribution is -2.36. The van der Waals surface area contributed by atoms with Gasteiger partial charge in [-0.2, -0.15) is 0 Å². The van der Waals surface area contributed by atoms with E-state index in [0.717, 1.165) is 29.3 Å². The Morgan fingerprint density at radius 3 is 2.68 bits per heavy atom.